The number of rotatable bonds is 23. The van der Waals surface area contributed by atoms with Crippen molar-refractivity contribution in [3.63, 3.8) is 0 Å². The molecule has 30 heavy (non-hydrogen) atoms. The first-order valence-electron chi connectivity index (χ1n) is 11.8. The SMILES string of the molecule is O=CC(CCC(=O)O)NCCCCCCCCCCCCCCCCCC(=O)OF. The Morgan fingerprint density at radius 1 is 0.767 bits per heavy atom. The number of carbonyl (C=O) groups is 3. The van der Waals surface area contributed by atoms with E-state index in [1.165, 1.54) is 64.2 Å². The van der Waals surface area contributed by atoms with Crippen LogP contribution in [0.2, 0.25) is 0 Å². The monoisotopic (exact) mass is 431 g/mol. The molecule has 0 spiro atoms. The summed E-state index contributed by atoms with van der Waals surface area (Å²) in [5, 5.41) is 11.8. The smallest absolute Gasteiger partial charge is 0.348 e. The summed E-state index contributed by atoms with van der Waals surface area (Å²) in [5.74, 6) is -1.62. The second kappa shape index (κ2) is 22.2. The third-order valence-corrected chi connectivity index (χ3v) is 5.38. The number of hydrogen-bond donors (Lipinski definition) is 2. The van der Waals surface area contributed by atoms with E-state index in [9.17, 15) is 18.9 Å². The first kappa shape index (κ1) is 28.5. The molecule has 0 saturated heterocycles. The van der Waals surface area contributed by atoms with Gasteiger partial charge >= 0.3 is 11.9 Å². The molecule has 0 aliphatic heterocycles. The van der Waals surface area contributed by atoms with Gasteiger partial charge in [0, 0.05) is 17.4 Å². The number of aliphatic carboxylic acids is 1. The number of nitrogens with one attached hydrogen (secondary N) is 1. The van der Waals surface area contributed by atoms with Crippen molar-refractivity contribution in [2.24, 2.45) is 0 Å². The van der Waals surface area contributed by atoms with Gasteiger partial charge in [-0.1, -0.05) is 83.5 Å². The fourth-order valence-corrected chi connectivity index (χ4v) is 3.52. The lowest BCUT2D eigenvalue weighted by molar-refractivity contribution is -0.183. The average Bonchev–Trinajstić information content (AvgIpc) is 2.74. The van der Waals surface area contributed by atoms with Gasteiger partial charge in [-0.25, -0.2) is 4.79 Å². The van der Waals surface area contributed by atoms with Gasteiger partial charge in [0.1, 0.15) is 6.29 Å². The maximum Gasteiger partial charge on any atom is 0.348 e. The van der Waals surface area contributed by atoms with Crippen molar-refractivity contribution < 1.29 is 29.0 Å². The van der Waals surface area contributed by atoms with E-state index < -0.39 is 11.9 Å². The highest BCUT2D eigenvalue weighted by molar-refractivity contribution is 5.68. The molecule has 0 aromatic carbocycles. The second-order valence-corrected chi connectivity index (χ2v) is 8.13. The molecule has 1 atom stereocenters. The van der Waals surface area contributed by atoms with Crippen LogP contribution in [0.5, 0.6) is 0 Å². The average molecular weight is 432 g/mol. The molecule has 0 radical (unpaired) electrons. The van der Waals surface area contributed by atoms with Crippen LogP contribution in [-0.4, -0.2) is 35.9 Å². The molecule has 2 N–H and O–H groups in total. The van der Waals surface area contributed by atoms with Gasteiger partial charge in [0.05, 0.1) is 6.04 Å². The molecule has 0 fully saturated rings. The number of aldehydes is 1. The van der Waals surface area contributed by atoms with Crippen molar-refractivity contribution >= 4 is 18.2 Å². The lowest BCUT2D eigenvalue weighted by atomic mass is 10.0. The van der Waals surface area contributed by atoms with Crippen LogP contribution in [-0.2, 0) is 19.3 Å². The van der Waals surface area contributed by atoms with Crippen molar-refractivity contribution in [1.82, 2.24) is 5.32 Å². The topological polar surface area (TPSA) is 92.7 Å². The Kier molecular flexibility index (Phi) is 21.1. The highest BCUT2D eigenvalue weighted by Crippen LogP contribution is 2.13. The fraction of sp³-hybridized carbons (Fsp3) is 0.870. The Bertz CT molecular complexity index is 434. The van der Waals surface area contributed by atoms with Crippen LogP contribution in [0.4, 0.5) is 4.53 Å². The zero-order valence-corrected chi connectivity index (χ0v) is 18.5. The molecule has 176 valence electrons. The van der Waals surface area contributed by atoms with E-state index in [4.69, 9.17) is 5.11 Å². The van der Waals surface area contributed by atoms with Crippen molar-refractivity contribution in [3.05, 3.63) is 0 Å². The van der Waals surface area contributed by atoms with Crippen LogP contribution in [0.25, 0.3) is 0 Å². The Morgan fingerprint density at radius 2 is 1.20 bits per heavy atom. The van der Waals surface area contributed by atoms with Gasteiger partial charge in [0.25, 0.3) is 0 Å². The number of carboxylic acids is 1. The molecule has 6 nitrogen and oxygen atoms in total. The summed E-state index contributed by atoms with van der Waals surface area (Å²) in [7, 11) is 0. The number of halogens is 1. The summed E-state index contributed by atoms with van der Waals surface area (Å²) in [6.45, 7) is 0.771. The molecule has 0 aromatic heterocycles. The summed E-state index contributed by atoms with van der Waals surface area (Å²) >= 11 is 0. The summed E-state index contributed by atoms with van der Waals surface area (Å²) < 4.78 is 11.5. The quantitative estimate of drug-likeness (QED) is 0.160. The Balaban J connectivity index is 3.20. The van der Waals surface area contributed by atoms with Crippen LogP contribution in [0.1, 0.15) is 116 Å². The molecule has 0 saturated carbocycles. The lowest BCUT2D eigenvalue weighted by Gasteiger charge is -2.11. The zero-order valence-electron chi connectivity index (χ0n) is 18.5. The van der Waals surface area contributed by atoms with Gasteiger partial charge in [0.15, 0.2) is 0 Å². The van der Waals surface area contributed by atoms with Crippen molar-refractivity contribution in [1.29, 1.82) is 0 Å². The minimum absolute atomic E-state index is 0.0262. The van der Waals surface area contributed by atoms with E-state index in [-0.39, 0.29) is 18.9 Å². The molecule has 0 heterocycles. The predicted octanol–water partition coefficient (Wildman–Crippen LogP) is 5.68. The van der Waals surface area contributed by atoms with Gasteiger partial charge < -0.3 is 15.2 Å². The highest BCUT2D eigenvalue weighted by Gasteiger charge is 2.08. The minimum Gasteiger partial charge on any atom is -0.481 e. The fourth-order valence-electron chi connectivity index (χ4n) is 3.52. The predicted molar refractivity (Wildman–Crippen MR) is 116 cm³/mol. The van der Waals surface area contributed by atoms with Crippen molar-refractivity contribution in [3.8, 4) is 0 Å². The number of carbonyl (C=O) groups excluding carboxylic acids is 2. The second-order valence-electron chi connectivity index (χ2n) is 8.13. The van der Waals surface area contributed by atoms with Gasteiger partial charge in [-0.15, -0.1) is 0 Å². The van der Waals surface area contributed by atoms with Crippen LogP contribution in [0.15, 0.2) is 0 Å². The van der Waals surface area contributed by atoms with Crippen LogP contribution in [0, 0.1) is 0 Å². The Hall–Kier alpha value is -1.50. The molecule has 0 aliphatic rings. The normalized spacial score (nSPS) is 11.9. The molecular formula is C23H42FNO5. The number of hydrogen-bond acceptors (Lipinski definition) is 5. The van der Waals surface area contributed by atoms with E-state index >= 15 is 0 Å². The summed E-state index contributed by atoms with van der Waals surface area (Å²) in [4.78, 5) is 35.1. The third-order valence-electron chi connectivity index (χ3n) is 5.38. The molecular weight excluding hydrogens is 389 g/mol. The Morgan fingerprint density at radius 3 is 1.60 bits per heavy atom. The summed E-state index contributed by atoms with van der Waals surface area (Å²) in [6.07, 6.45) is 19.0. The third kappa shape index (κ3) is 21.2. The largest absolute Gasteiger partial charge is 0.481 e. The minimum atomic E-state index is -0.864. The zero-order chi connectivity index (χ0) is 22.3. The van der Waals surface area contributed by atoms with Gasteiger partial charge in [-0.2, -0.15) is 0 Å². The van der Waals surface area contributed by atoms with Gasteiger partial charge in [0.2, 0.25) is 0 Å². The molecule has 0 aliphatic carbocycles. The summed E-state index contributed by atoms with van der Waals surface area (Å²) in [6, 6.07) is -0.339. The molecule has 0 bridgehead atoms. The first-order chi connectivity index (χ1) is 14.6. The van der Waals surface area contributed by atoms with E-state index in [0.717, 1.165) is 38.5 Å². The Labute approximate surface area is 181 Å². The number of carboxylic acid groups (broad SMARTS) is 1. The standard InChI is InChI=1S/C23H42FNO5/c24-30-23(29)16-14-12-10-8-6-4-2-1-3-5-7-9-11-13-15-19-25-21(20-26)17-18-22(27)28/h20-21,25H,1-19H2,(H,27,28). The molecule has 0 rings (SSSR count). The maximum absolute atomic E-state index is 11.5. The van der Waals surface area contributed by atoms with Gasteiger partial charge in [-0.3, -0.25) is 9.74 Å². The van der Waals surface area contributed by atoms with Gasteiger partial charge in [-0.05, 0) is 25.8 Å². The van der Waals surface area contributed by atoms with E-state index in [1.54, 1.807) is 0 Å². The molecule has 0 aromatic rings. The van der Waals surface area contributed by atoms with E-state index in [0.29, 0.717) is 12.8 Å². The van der Waals surface area contributed by atoms with Crippen LogP contribution in [0.3, 0.4) is 0 Å². The van der Waals surface area contributed by atoms with Crippen molar-refractivity contribution in [2.45, 2.75) is 122 Å². The van der Waals surface area contributed by atoms with Crippen LogP contribution < -0.4 is 5.32 Å². The highest BCUT2D eigenvalue weighted by atomic mass is 19.3. The van der Waals surface area contributed by atoms with Crippen molar-refractivity contribution in [2.75, 3.05) is 6.54 Å². The maximum atomic E-state index is 11.5. The molecule has 1 unspecified atom stereocenters. The van der Waals surface area contributed by atoms with Crippen LogP contribution >= 0.6 is 0 Å². The molecule has 0 amide bonds. The number of unbranched alkanes of at least 4 members (excludes halogenated alkanes) is 14. The molecule has 7 heteroatoms. The first-order valence-corrected chi connectivity index (χ1v) is 11.8. The van der Waals surface area contributed by atoms with E-state index in [2.05, 4.69) is 10.3 Å². The summed E-state index contributed by atoms with van der Waals surface area (Å²) in [5.41, 5.74) is 0. The van der Waals surface area contributed by atoms with E-state index in [1.807, 2.05) is 0 Å². The lowest BCUT2D eigenvalue weighted by Crippen LogP contribution is -2.31.